The third-order valence-corrected chi connectivity index (χ3v) is 6.08. The molecule has 38 heavy (non-hydrogen) atoms. The first-order valence-corrected chi connectivity index (χ1v) is 13.3. The van der Waals surface area contributed by atoms with Gasteiger partial charge in [0.2, 0.25) is 11.8 Å². The molecule has 1 aromatic carbocycles. The van der Waals surface area contributed by atoms with Gasteiger partial charge >= 0.3 is 12.1 Å². The van der Waals surface area contributed by atoms with Crippen LogP contribution >= 0.6 is 0 Å². The highest BCUT2D eigenvalue weighted by Gasteiger charge is 2.25. The van der Waals surface area contributed by atoms with Crippen LogP contribution < -0.4 is 16.0 Å². The number of alkyl carbamates (subject to hydrolysis) is 1. The SMILES string of the molecule is CC(CO)NC(=O)CC1CC=CCCCC(=O)OCC(CCCCNC(=O)OCc2ccccc2)NC1=O. The van der Waals surface area contributed by atoms with Crippen LogP contribution in [0.1, 0.15) is 63.9 Å². The summed E-state index contributed by atoms with van der Waals surface area (Å²) < 4.78 is 10.6. The fourth-order valence-electron chi connectivity index (χ4n) is 3.89. The van der Waals surface area contributed by atoms with Gasteiger partial charge in [-0.3, -0.25) is 14.4 Å². The van der Waals surface area contributed by atoms with Gasteiger partial charge in [0.15, 0.2) is 0 Å². The molecule has 4 N–H and O–H groups in total. The molecule has 0 radical (unpaired) electrons. The van der Waals surface area contributed by atoms with Crippen LogP contribution in [0.25, 0.3) is 0 Å². The van der Waals surface area contributed by atoms with Gasteiger partial charge in [-0.15, -0.1) is 0 Å². The van der Waals surface area contributed by atoms with Crippen LogP contribution in [0.3, 0.4) is 0 Å². The molecule has 10 heteroatoms. The van der Waals surface area contributed by atoms with Gasteiger partial charge in [-0.1, -0.05) is 42.5 Å². The molecular formula is C28H41N3O7. The first kappa shape index (κ1) is 30.8. The molecule has 1 aromatic rings. The monoisotopic (exact) mass is 531 g/mol. The summed E-state index contributed by atoms with van der Waals surface area (Å²) in [5, 5.41) is 17.5. The molecular weight excluding hydrogens is 490 g/mol. The van der Waals surface area contributed by atoms with Gasteiger partial charge in [-0.05, 0) is 51.0 Å². The van der Waals surface area contributed by atoms with Crippen molar-refractivity contribution in [1.82, 2.24) is 16.0 Å². The summed E-state index contributed by atoms with van der Waals surface area (Å²) in [4.78, 5) is 49.4. The number of amides is 3. The van der Waals surface area contributed by atoms with E-state index in [0.717, 1.165) is 5.56 Å². The van der Waals surface area contributed by atoms with Crippen LogP contribution in [0.4, 0.5) is 4.79 Å². The standard InChI is InChI=1S/C28H41N3O7/c1-21(18-32)30-25(33)17-23-13-7-2-3-8-15-26(34)37-20-24(31-27(23)35)14-9-10-16-29-28(36)38-19-22-11-5-4-6-12-22/h2,4-7,11-12,21,23-24,32H,3,8-10,13-20H2,1H3,(H,29,36)(H,30,33)(H,31,35). The summed E-state index contributed by atoms with van der Waals surface area (Å²) in [6.45, 7) is 2.15. The number of rotatable bonds is 11. The number of esters is 1. The Morgan fingerprint density at radius 1 is 1.18 bits per heavy atom. The summed E-state index contributed by atoms with van der Waals surface area (Å²) in [5.74, 6) is -1.49. The van der Waals surface area contributed by atoms with Gasteiger partial charge in [-0.2, -0.15) is 0 Å². The molecule has 1 heterocycles. The van der Waals surface area contributed by atoms with E-state index in [2.05, 4.69) is 16.0 Å². The molecule has 0 fully saturated rings. The predicted molar refractivity (Wildman–Crippen MR) is 142 cm³/mol. The van der Waals surface area contributed by atoms with Crippen molar-refractivity contribution in [1.29, 1.82) is 0 Å². The number of allylic oxidation sites excluding steroid dienone is 2. The zero-order valence-corrected chi connectivity index (χ0v) is 22.2. The minimum atomic E-state index is -0.586. The zero-order chi connectivity index (χ0) is 27.6. The Balaban J connectivity index is 1.84. The van der Waals surface area contributed by atoms with Crippen LogP contribution in [0.15, 0.2) is 42.5 Å². The number of hydrogen-bond donors (Lipinski definition) is 4. The van der Waals surface area contributed by atoms with Gasteiger partial charge in [0, 0.05) is 25.4 Å². The Bertz CT molecular complexity index is 907. The molecule has 0 aromatic heterocycles. The molecule has 0 spiro atoms. The Morgan fingerprint density at radius 2 is 1.97 bits per heavy atom. The van der Waals surface area contributed by atoms with Gasteiger partial charge in [0.1, 0.15) is 13.2 Å². The van der Waals surface area contributed by atoms with Crippen molar-refractivity contribution in [2.45, 2.75) is 77.0 Å². The quantitative estimate of drug-likeness (QED) is 0.195. The summed E-state index contributed by atoms with van der Waals surface area (Å²) in [5.41, 5.74) is 0.903. The number of ether oxygens (including phenoxy) is 2. The van der Waals surface area contributed by atoms with Crippen molar-refractivity contribution in [2.75, 3.05) is 19.8 Å². The maximum atomic E-state index is 13.1. The number of carbonyl (C=O) groups excluding carboxylic acids is 4. The van der Waals surface area contributed by atoms with Crippen LogP contribution in [-0.2, 0) is 30.5 Å². The van der Waals surface area contributed by atoms with E-state index in [1.54, 1.807) is 6.92 Å². The highest BCUT2D eigenvalue weighted by atomic mass is 16.5. The van der Waals surface area contributed by atoms with Crippen molar-refractivity contribution < 1.29 is 33.8 Å². The number of hydrogen-bond acceptors (Lipinski definition) is 7. The Morgan fingerprint density at radius 3 is 2.74 bits per heavy atom. The lowest BCUT2D eigenvalue weighted by atomic mass is 9.98. The Labute approximate surface area is 224 Å². The van der Waals surface area contributed by atoms with Crippen molar-refractivity contribution in [3.05, 3.63) is 48.0 Å². The van der Waals surface area contributed by atoms with E-state index in [1.807, 2.05) is 42.5 Å². The normalized spacial score (nSPS) is 19.5. The van der Waals surface area contributed by atoms with Crippen LogP contribution in [0.2, 0.25) is 0 Å². The zero-order valence-electron chi connectivity index (χ0n) is 22.2. The maximum Gasteiger partial charge on any atom is 0.407 e. The topological polar surface area (TPSA) is 143 Å². The summed E-state index contributed by atoms with van der Waals surface area (Å²) in [6, 6.07) is 8.59. The molecule has 1 aliphatic rings. The van der Waals surface area contributed by atoms with Gasteiger partial charge in [0.25, 0.3) is 0 Å². The highest BCUT2D eigenvalue weighted by molar-refractivity contribution is 5.86. The Hall–Kier alpha value is -3.40. The van der Waals surface area contributed by atoms with Gasteiger partial charge in [0.05, 0.1) is 18.6 Å². The average Bonchev–Trinajstić information content (AvgIpc) is 2.92. The van der Waals surface area contributed by atoms with E-state index in [1.165, 1.54) is 0 Å². The molecule has 0 saturated carbocycles. The number of carbonyl (C=O) groups is 4. The molecule has 3 amide bonds. The fourth-order valence-corrected chi connectivity index (χ4v) is 3.89. The number of aliphatic hydroxyl groups excluding tert-OH is 1. The second kappa shape index (κ2) is 18.0. The molecule has 0 bridgehead atoms. The highest BCUT2D eigenvalue weighted by Crippen LogP contribution is 2.14. The van der Waals surface area contributed by atoms with E-state index >= 15 is 0 Å². The maximum absolute atomic E-state index is 13.1. The third kappa shape index (κ3) is 13.2. The lowest BCUT2D eigenvalue weighted by Gasteiger charge is -2.22. The summed E-state index contributed by atoms with van der Waals surface area (Å²) in [6.07, 6.45) is 7.14. The first-order valence-electron chi connectivity index (χ1n) is 13.3. The predicted octanol–water partition coefficient (Wildman–Crippen LogP) is 2.74. The number of aliphatic hydroxyl groups is 1. The van der Waals surface area contributed by atoms with Crippen molar-refractivity contribution in [2.24, 2.45) is 5.92 Å². The molecule has 210 valence electrons. The minimum absolute atomic E-state index is 0.0119. The number of benzene rings is 1. The second-order valence-corrected chi connectivity index (χ2v) is 9.52. The van der Waals surface area contributed by atoms with Gasteiger partial charge in [-0.25, -0.2) is 4.79 Å². The molecule has 2 rings (SSSR count). The number of cyclic esters (lactones) is 1. The molecule has 0 saturated heterocycles. The first-order chi connectivity index (χ1) is 18.4. The van der Waals surface area contributed by atoms with Crippen molar-refractivity contribution in [3.63, 3.8) is 0 Å². The molecule has 0 aliphatic carbocycles. The van der Waals surface area contributed by atoms with Crippen molar-refractivity contribution >= 4 is 23.9 Å². The number of nitrogens with one attached hydrogen (secondary N) is 3. The Kier molecular flexibility index (Phi) is 14.6. The van der Waals surface area contributed by atoms with E-state index in [0.29, 0.717) is 51.5 Å². The smallest absolute Gasteiger partial charge is 0.407 e. The lowest BCUT2D eigenvalue weighted by molar-refractivity contribution is -0.145. The molecule has 1 aliphatic heterocycles. The number of unbranched alkanes of at least 4 members (excludes halogenated alkanes) is 1. The second-order valence-electron chi connectivity index (χ2n) is 9.52. The van der Waals surface area contributed by atoms with Crippen LogP contribution in [-0.4, -0.2) is 60.8 Å². The van der Waals surface area contributed by atoms with Crippen LogP contribution in [0, 0.1) is 5.92 Å². The summed E-state index contributed by atoms with van der Waals surface area (Å²) in [7, 11) is 0. The average molecular weight is 532 g/mol. The summed E-state index contributed by atoms with van der Waals surface area (Å²) >= 11 is 0. The third-order valence-electron chi connectivity index (χ3n) is 6.08. The van der Waals surface area contributed by atoms with E-state index in [-0.39, 0.29) is 44.0 Å². The molecule has 3 atom stereocenters. The van der Waals surface area contributed by atoms with E-state index in [4.69, 9.17) is 9.47 Å². The minimum Gasteiger partial charge on any atom is -0.463 e. The largest absolute Gasteiger partial charge is 0.463 e. The molecule has 3 unspecified atom stereocenters. The molecule has 10 nitrogen and oxygen atoms in total. The van der Waals surface area contributed by atoms with Crippen molar-refractivity contribution in [3.8, 4) is 0 Å². The lowest BCUT2D eigenvalue weighted by Crippen LogP contribution is -2.44. The van der Waals surface area contributed by atoms with E-state index in [9.17, 15) is 24.3 Å². The van der Waals surface area contributed by atoms with E-state index < -0.39 is 24.1 Å². The van der Waals surface area contributed by atoms with Gasteiger partial charge < -0.3 is 30.5 Å². The fraction of sp³-hybridized carbons (Fsp3) is 0.571. The van der Waals surface area contributed by atoms with Crippen LogP contribution in [0.5, 0.6) is 0 Å².